The Morgan fingerprint density at radius 3 is 2.65 bits per heavy atom. The Balaban J connectivity index is 1.42. The summed E-state index contributed by atoms with van der Waals surface area (Å²) in [6, 6.07) is 5.22. The smallest absolute Gasteiger partial charge is 0.238 e. The summed E-state index contributed by atoms with van der Waals surface area (Å²) >= 11 is 6.02. The molecule has 0 radical (unpaired) electrons. The molecule has 144 valence electrons. The van der Waals surface area contributed by atoms with Crippen LogP contribution in [0.2, 0.25) is 5.02 Å². The molecule has 1 N–H and O–H groups in total. The van der Waals surface area contributed by atoms with E-state index in [4.69, 9.17) is 21.1 Å². The lowest BCUT2D eigenvalue weighted by Gasteiger charge is -2.35. The number of piperidine rings is 1. The fourth-order valence-corrected chi connectivity index (χ4v) is 3.82. The maximum atomic E-state index is 12.4. The van der Waals surface area contributed by atoms with Gasteiger partial charge in [-0.25, -0.2) is 0 Å². The van der Waals surface area contributed by atoms with Gasteiger partial charge in [0.2, 0.25) is 5.91 Å². The Morgan fingerprint density at radius 2 is 1.96 bits per heavy atom. The maximum Gasteiger partial charge on any atom is 0.238 e. The number of ether oxygens (including phenoxy) is 2. The van der Waals surface area contributed by atoms with Crippen LogP contribution in [0.5, 0.6) is 5.75 Å². The zero-order valence-electron chi connectivity index (χ0n) is 15.4. The normalized spacial score (nSPS) is 20.1. The standard InChI is InChI=1S/C19H28ClN3O3/c1-25-18-3-2-16(20)12-17(18)21-19(24)14-22-6-4-15(5-7-22)13-23-8-10-26-11-9-23/h2-3,12,15H,4-11,13-14H2,1H3,(H,21,24). The van der Waals surface area contributed by atoms with Crippen LogP contribution in [0.1, 0.15) is 12.8 Å². The highest BCUT2D eigenvalue weighted by Crippen LogP contribution is 2.27. The lowest BCUT2D eigenvalue weighted by molar-refractivity contribution is -0.117. The number of anilines is 1. The number of benzene rings is 1. The predicted octanol–water partition coefficient (Wildman–Crippen LogP) is 2.33. The van der Waals surface area contributed by atoms with Crippen LogP contribution in [0.3, 0.4) is 0 Å². The van der Waals surface area contributed by atoms with Crippen LogP contribution in [-0.2, 0) is 9.53 Å². The Bertz CT molecular complexity index is 600. The summed E-state index contributed by atoms with van der Waals surface area (Å²) in [6.45, 7) is 7.29. The van der Waals surface area contributed by atoms with E-state index in [1.807, 2.05) is 0 Å². The Labute approximate surface area is 160 Å². The van der Waals surface area contributed by atoms with Gasteiger partial charge < -0.3 is 14.8 Å². The first-order valence-electron chi connectivity index (χ1n) is 9.30. The fourth-order valence-electron chi connectivity index (χ4n) is 3.65. The number of methoxy groups -OCH3 is 1. The van der Waals surface area contributed by atoms with Crippen molar-refractivity contribution in [1.29, 1.82) is 0 Å². The topological polar surface area (TPSA) is 54.0 Å². The number of amides is 1. The molecule has 6 nitrogen and oxygen atoms in total. The molecular formula is C19H28ClN3O3. The van der Waals surface area contributed by atoms with Crippen molar-refractivity contribution in [3.05, 3.63) is 23.2 Å². The molecule has 0 saturated carbocycles. The lowest BCUT2D eigenvalue weighted by atomic mass is 9.96. The number of carbonyl (C=O) groups excluding carboxylic acids is 1. The highest BCUT2D eigenvalue weighted by Gasteiger charge is 2.23. The maximum absolute atomic E-state index is 12.4. The van der Waals surface area contributed by atoms with Gasteiger partial charge in [0.05, 0.1) is 32.6 Å². The van der Waals surface area contributed by atoms with E-state index < -0.39 is 0 Å². The summed E-state index contributed by atoms with van der Waals surface area (Å²) in [6.07, 6.45) is 2.29. The molecule has 2 saturated heterocycles. The van der Waals surface area contributed by atoms with Gasteiger partial charge in [-0.3, -0.25) is 14.6 Å². The minimum Gasteiger partial charge on any atom is -0.495 e. The first-order valence-corrected chi connectivity index (χ1v) is 9.67. The highest BCUT2D eigenvalue weighted by atomic mass is 35.5. The molecule has 0 aromatic heterocycles. The molecule has 1 aromatic carbocycles. The van der Waals surface area contributed by atoms with Crippen LogP contribution in [0.25, 0.3) is 0 Å². The molecule has 1 aromatic rings. The van der Waals surface area contributed by atoms with Crippen molar-refractivity contribution in [2.24, 2.45) is 5.92 Å². The number of nitrogens with zero attached hydrogens (tertiary/aromatic N) is 2. The molecule has 3 rings (SSSR count). The van der Waals surface area contributed by atoms with Crippen LogP contribution in [-0.4, -0.2) is 75.3 Å². The van der Waals surface area contributed by atoms with Crippen LogP contribution in [0.4, 0.5) is 5.69 Å². The third kappa shape index (κ3) is 5.58. The second-order valence-corrected chi connectivity index (χ2v) is 7.46. The average molecular weight is 382 g/mol. The van der Waals surface area contributed by atoms with E-state index in [0.717, 1.165) is 64.7 Å². The Morgan fingerprint density at radius 1 is 1.23 bits per heavy atom. The summed E-state index contributed by atoms with van der Waals surface area (Å²) in [7, 11) is 1.58. The third-order valence-corrected chi connectivity index (χ3v) is 5.37. The molecule has 0 spiro atoms. The SMILES string of the molecule is COc1ccc(Cl)cc1NC(=O)CN1CCC(CN2CCOCC2)CC1. The second-order valence-electron chi connectivity index (χ2n) is 7.03. The van der Waals surface area contributed by atoms with E-state index >= 15 is 0 Å². The summed E-state index contributed by atoms with van der Waals surface area (Å²) < 4.78 is 10.7. The number of likely N-dealkylation sites (tertiary alicyclic amines) is 1. The summed E-state index contributed by atoms with van der Waals surface area (Å²) in [5.74, 6) is 1.31. The third-order valence-electron chi connectivity index (χ3n) is 5.13. The Hall–Kier alpha value is -1.34. The molecule has 2 fully saturated rings. The summed E-state index contributed by atoms with van der Waals surface area (Å²) in [5, 5.41) is 3.49. The van der Waals surface area contributed by atoms with E-state index in [9.17, 15) is 4.79 Å². The van der Waals surface area contributed by atoms with Crippen molar-refractivity contribution in [1.82, 2.24) is 9.80 Å². The molecule has 0 unspecified atom stereocenters. The lowest BCUT2D eigenvalue weighted by Crippen LogP contribution is -2.44. The molecule has 2 aliphatic rings. The van der Waals surface area contributed by atoms with Gasteiger partial charge in [0, 0.05) is 24.7 Å². The number of carbonyl (C=O) groups is 1. The number of hydrogen-bond donors (Lipinski definition) is 1. The zero-order chi connectivity index (χ0) is 18.4. The molecule has 7 heteroatoms. The van der Waals surface area contributed by atoms with Gasteiger partial charge in [-0.1, -0.05) is 11.6 Å². The van der Waals surface area contributed by atoms with Gasteiger partial charge in [0.15, 0.2) is 0 Å². The van der Waals surface area contributed by atoms with Crippen molar-refractivity contribution >= 4 is 23.2 Å². The van der Waals surface area contributed by atoms with E-state index in [1.165, 1.54) is 0 Å². The van der Waals surface area contributed by atoms with E-state index in [-0.39, 0.29) is 5.91 Å². The highest BCUT2D eigenvalue weighted by molar-refractivity contribution is 6.31. The molecule has 26 heavy (non-hydrogen) atoms. The quantitative estimate of drug-likeness (QED) is 0.819. The van der Waals surface area contributed by atoms with E-state index in [1.54, 1.807) is 25.3 Å². The molecule has 1 amide bonds. The van der Waals surface area contributed by atoms with Gasteiger partial charge >= 0.3 is 0 Å². The van der Waals surface area contributed by atoms with Gasteiger partial charge in [-0.15, -0.1) is 0 Å². The van der Waals surface area contributed by atoms with Gasteiger partial charge in [-0.05, 0) is 50.0 Å². The molecule has 2 heterocycles. The van der Waals surface area contributed by atoms with Gasteiger partial charge in [0.1, 0.15) is 5.75 Å². The molecule has 0 aliphatic carbocycles. The van der Waals surface area contributed by atoms with E-state index in [0.29, 0.717) is 23.0 Å². The van der Waals surface area contributed by atoms with Gasteiger partial charge in [-0.2, -0.15) is 0 Å². The summed E-state index contributed by atoms with van der Waals surface area (Å²) in [4.78, 5) is 17.1. The minimum atomic E-state index is -0.0304. The van der Waals surface area contributed by atoms with Crippen molar-refractivity contribution in [2.45, 2.75) is 12.8 Å². The van der Waals surface area contributed by atoms with Crippen molar-refractivity contribution < 1.29 is 14.3 Å². The van der Waals surface area contributed by atoms with Crippen molar-refractivity contribution in [3.63, 3.8) is 0 Å². The van der Waals surface area contributed by atoms with Crippen LogP contribution >= 0.6 is 11.6 Å². The molecular weight excluding hydrogens is 354 g/mol. The zero-order valence-corrected chi connectivity index (χ0v) is 16.1. The largest absolute Gasteiger partial charge is 0.495 e. The molecule has 2 aliphatic heterocycles. The van der Waals surface area contributed by atoms with Crippen molar-refractivity contribution in [3.8, 4) is 5.75 Å². The molecule has 0 bridgehead atoms. The van der Waals surface area contributed by atoms with Crippen LogP contribution in [0, 0.1) is 5.92 Å². The van der Waals surface area contributed by atoms with Gasteiger partial charge in [0.25, 0.3) is 0 Å². The number of hydrogen-bond acceptors (Lipinski definition) is 5. The Kier molecular flexibility index (Phi) is 7.14. The summed E-state index contributed by atoms with van der Waals surface area (Å²) in [5.41, 5.74) is 0.618. The van der Waals surface area contributed by atoms with E-state index in [2.05, 4.69) is 15.1 Å². The predicted molar refractivity (Wildman–Crippen MR) is 103 cm³/mol. The monoisotopic (exact) mass is 381 g/mol. The second kappa shape index (κ2) is 9.55. The molecule has 0 atom stereocenters. The number of morpholine rings is 1. The first kappa shape index (κ1) is 19.4. The fraction of sp³-hybridized carbons (Fsp3) is 0.632. The van der Waals surface area contributed by atoms with Crippen LogP contribution < -0.4 is 10.1 Å². The number of nitrogens with one attached hydrogen (secondary N) is 1. The number of rotatable bonds is 6. The van der Waals surface area contributed by atoms with Crippen LogP contribution in [0.15, 0.2) is 18.2 Å². The minimum absolute atomic E-state index is 0.0304. The number of halogens is 1. The first-order chi connectivity index (χ1) is 12.6. The van der Waals surface area contributed by atoms with Crippen molar-refractivity contribution in [2.75, 3.05) is 64.9 Å². The average Bonchev–Trinajstić information content (AvgIpc) is 2.64.